The summed E-state index contributed by atoms with van der Waals surface area (Å²) in [5.74, 6) is 0.539. The Bertz CT molecular complexity index is 847. The van der Waals surface area contributed by atoms with E-state index in [1.54, 1.807) is 42.8 Å². The number of carbonyl (C=O) groups excluding carboxylic acids is 1. The molecule has 24 heavy (non-hydrogen) atoms. The average molecular weight is 342 g/mol. The predicted octanol–water partition coefficient (Wildman–Crippen LogP) is 4.50. The van der Waals surface area contributed by atoms with E-state index in [4.69, 9.17) is 16.0 Å². The maximum absolute atomic E-state index is 12.4. The zero-order chi connectivity index (χ0) is 16.9. The first kappa shape index (κ1) is 16.1. The first-order valence-corrected chi connectivity index (χ1v) is 7.79. The van der Waals surface area contributed by atoms with Crippen molar-refractivity contribution in [1.29, 1.82) is 0 Å². The standard InChI is InChI=1S/C18H16ClN3O2/c1-12-9-13(19)4-5-16(12)22-18(23)17-10-14(6-7-20-17)21-11-15-3-2-8-24-15/h2-10H,11H2,1H3,(H,20,21)(H,22,23). The van der Waals surface area contributed by atoms with Crippen LogP contribution in [0.4, 0.5) is 11.4 Å². The van der Waals surface area contributed by atoms with Gasteiger partial charge in [-0.25, -0.2) is 0 Å². The van der Waals surface area contributed by atoms with Crippen molar-refractivity contribution in [1.82, 2.24) is 4.98 Å². The lowest BCUT2D eigenvalue weighted by atomic mass is 10.2. The second-order valence-corrected chi connectivity index (χ2v) is 5.71. The van der Waals surface area contributed by atoms with Crippen LogP contribution in [0, 0.1) is 6.92 Å². The summed E-state index contributed by atoms with van der Waals surface area (Å²) in [5, 5.41) is 6.67. The van der Waals surface area contributed by atoms with Crippen LogP contribution in [0.5, 0.6) is 0 Å². The Morgan fingerprint density at radius 3 is 2.88 bits per heavy atom. The van der Waals surface area contributed by atoms with Gasteiger partial charge in [-0.3, -0.25) is 9.78 Å². The summed E-state index contributed by atoms with van der Waals surface area (Å²) < 4.78 is 5.27. The summed E-state index contributed by atoms with van der Waals surface area (Å²) in [6, 6.07) is 12.5. The molecule has 0 aliphatic heterocycles. The summed E-state index contributed by atoms with van der Waals surface area (Å²) in [6.07, 6.45) is 3.21. The number of aryl methyl sites for hydroxylation is 1. The molecule has 0 unspecified atom stereocenters. The van der Waals surface area contributed by atoms with Gasteiger partial charge in [0.2, 0.25) is 0 Å². The van der Waals surface area contributed by atoms with Crippen molar-refractivity contribution >= 4 is 28.9 Å². The Kier molecular flexibility index (Phi) is 4.82. The molecule has 5 nitrogen and oxygen atoms in total. The summed E-state index contributed by atoms with van der Waals surface area (Å²) in [4.78, 5) is 16.5. The second-order valence-electron chi connectivity index (χ2n) is 5.28. The van der Waals surface area contributed by atoms with Gasteiger partial charge in [-0.15, -0.1) is 0 Å². The Morgan fingerprint density at radius 1 is 1.25 bits per heavy atom. The molecule has 6 heteroatoms. The van der Waals surface area contributed by atoms with E-state index in [-0.39, 0.29) is 5.91 Å². The van der Waals surface area contributed by atoms with Crippen LogP contribution in [-0.4, -0.2) is 10.9 Å². The number of anilines is 2. The minimum atomic E-state index is -0.276. The zero-order valence-corrected chi connectivity index (χ0v) is 13.8. The van der Waals surface area contributed by atoms with Gasteiger partial charge in [-0.2, -0.15) is 0 Å². The van der Waals surface area contributed by atoms with Gasteiger partial charge < -0.3 is 15.1 Å². The molecule has 0 radical (unpaired) electrons. The normalized spacial score (nSPS) is 10.4. The summed E-state index contributed by atoms with van der Waals surface area (Å²) in [6.45, 7) is 2.42. The van der Waals surface area contributed by atoms with Gasteiger partial charge in [0.1, 0.15) is 11.5 Å². The molecule has 0 saturated carbocycles. The van der Waals surface area contributed by atoms with Gasteiger partial charge in [0.25, 0.3) is 5.91 Å². The number of nitrogens with one attached hydrogen (secondary N) is 2. The fraction of sp³-hybridized carbons (Fsp3) is 0.111. The second kappa shape index (κ2) is 7.19. The van der Waals surface area contributed by atoms with E-state index in [1.807, 2.05) is 19.1 Å². The number of pyridine rings is 1. The number of nitrogens with zero attached hydrogens (tertiary/aromatic N) is 1. The van der Waals surface area contributed by atoms with Crippen LogP contribution < -0.4 is 10.6 Å². The van der Waals surface area contributed by atoms with Crippen molar-refractivity contribution in [2.24, 2.45) is 0 Å². The van der Waals surface area contributed by atoms with E-state index in [9.17, 15) is 4.79 Å². The van der Waals surface area contributed by atoms with E-state index in [0.29, 0.717) is 22.9 Å². The Labute approximate surface area is 144 Å². The van der Waals surface area contributed by atoms with E-state index in [1.165, 1.54) is 0 Å². The Morgan fingerprint density at radius 2 is 2.12 bits per heavy atom. The molecule has 0 spiro atoms. The largest absolute Gasteiger partial charge is 0.467 e. The van der Waals surface area contributed by atoms with Crippen LogP contribution in [0.3, 0.4) is 0 Å². The summed E-state index contributed by atoms with van der Waals surface area (Å²) in [7, 11) is 0. The van der Waals surface area contributed by atoms with Gasteiger partial charge in [0.15, 0.2) is 0 Å². The third kappa shape index (κ3) is 3.94. The van der Waals surface area contributed by atoms with Gasteiger partial charge >= 0.3 is 0 Å². The first-order chi connectivity index (χ1) is 11.6. The van der Waals surface area contributed by atoms with Crippen LogP contribution >= 0.6 is 11.6 Å². The zero-order valence-electron chi connectivity index (χ0n) is 13.0. The lowest BCUT2D eigenvalue weighted by molar-refractivity contribution is 0.102. The van der Waals surface area contributed by atoms with Crippen LogP contribution in [0.25, 0.3) is 0 Å². The lowest BCUT2D eigenvalue weighted by Gasteiger charge is -2.09. The van der Waals surface area contributed by atoms with Crippen LogP contribution in [0.15, 0.2) is 59.3 Å². The maximum Gasteiger partial charge on any atom is 0.274 e. The van der Waals surface area contributed by atoms with Gasteiger partial charge in [-0.05, 0) is 55.0 Å². The Balaban J connectivity index is 1.69. The first-order valence-electron chi connectivity index (χ1n) is 7.41. The minimum Gasteiger partial charge on any atom is -0.467 e. The van der Waals surface area contributed by atoms with Crippen LogP contribution in [0.1, 0.15) is 21.8 Å². The van der Waals surface area contributed by atoms with E-state index in [0.717, 1.165) is 17.0 Å². The van der Waals surface area contributed by atoms with E-state index >= 15 is 0 Å². The molecule has 122 valence electrons. The highest BCUT2D eigenvalue weighted by Crippen LogP contribution is 2.20. The van der Waals surface area contributed by atoms with Gasteiger partial charge in [-0.1, -0.05) is 11.6 Å². The highest BCUT2D eigenvalue weighted by molar-refractivity contribution is 6.30. The number of furan rings is 1. The van der Waals surface area contributed by atoms with Gasteiger partial charge in [0.05, 0.1) is 12.8 Å². The van der Waals surface area contributed by atoms with Crippen molar-refractivity contribution < 1.29 is 9.21 Å². The van der Waals surface area contributed by atoms with Crippen LogP contribution in [0.2, 0.25) is 5.02 Å². The molecule has 0 aliphatic carbocycles. The number of hydrogen-bond donors (Lipinski definition) is 2. The molecule has 1 amide bonds. The van der Waals surface area contributed by atoms with Crippen molar-refractivity contribution in [3.8, 4) is 0 Å². The third-order valence-corrected chi connectivity index (χ3v) is 3.71. The van der Waals surface area contributed by atoms with Crippen molar-refractivity contribution in [2.45, 2.75) is 13.5 Å². The van der Waals surface area contributed by atoms with Gasteiger partial charge in [0, 0.05) is 22.6 Å². The fourth-order valence-corrected chi connectivity index (χ4v) is 2.45. The third-order valence-electron chi connectivity index (χ3n) is 3.48. The fourth-order valence-electron chi connectivity index (χ4n) is 2.22. The molecule has 1 aromatic carbocycles. The SMILES string of the molecule is Cc1cc(Cl)ccc1NC(=O)c1cc(NCc2ccco2)ccn1. The van der Waals surface area contributed by atoms with Crippen LogP contribution in [-0.2, 0) is 6.54 Å². The topological polar surface area (TPSA) is 67.2 Å². The highest BCUT2D eigenvalue weighted by atomic mass is 35.5. The quantitative estimate of drug-likeness (QED) is 0.717. The number of halogens is 1. The predicted molar refractivity (Wildman–Crippen MR) is 94.4 cm³/mol. The minimum absolute atomic E-state index is 0.276. The smallest absolute Gasteiger partial charge is 0.274 e. The molecule has 0 fully saturated rings. The number of rotatable bonds is 5. The molecule has 0 atom stereocenters. The number of benzene rings is 1. The molecule has 3 rings (SSSR count). The number of amides is 1. The molecule has 2 N–H and O–H groups in total. The summed E-state index contributed by atoms with van der Waals surface area (Å²) >= 11 is 5.93. The number of hydrogen-bond acceptors (Lipinski definition) is 4. The monoisotopic (exact) mass is 341 g/mol. The van der Waals surface area contributed by atoms with Crippen molar-refractivity contribution in [3.05, 3.63) is 77.0 Å². The molecular weight excluding hydrogens is 326 g/mol. The molecule has 0 aliphatic rings. The number of carbonyl (C=O) groups is 1. The van der Waals surface area contributed by atoms with Crippen molar-refractivity contribution in [3.63, 3.8) is 0 Å². The maximum atomic E-state index is 12.4. The molecule has 2 heterocycles. The number of aromatic nitrogens is 1. The Hall–Kier alpha value is -2.79. The highest BCUT2D eigenvalue weighted by Gasteiger charge is 2.10. The van der Waals surface area contributed by atoms with E-state index < -0.39 is 0 Å². The molecule has 0 saturated heterocycles. The van der Waals surface area contributed by atoms with Crippen molar-refractivity contribution in [2.75, 3.05) is 10.6 Å². The lowest BCUT2D eigenvalue weighted by Crippen LogP contribution is -2.14. The molecular formula is C18H16ClN3O2. The molecule has 2 aromatic heterocycles. The summed E-state index contributed by atoms with van der Waals surface area (Å²) in [5.41, 5.74) is 2.72. The molecule has 0 bridgehead atoms. The average Bonchev–Trinajstić information content (AvgIpc) is 3.09. The van der Waals surface area contributed by atoms with E-state index in [2.05, 4.69) is 15.6 Å². The molecule has 3 aromatic rings.